The number of ether oxygens (including phenoxy) is 1. The van der Waals surface area contributed by atoms with Crippen molar-refractivity contribution >= 4 is 45.6 Å². The fourth-order valence-electron chi connectivity index (χ4n) is 2.31. The van der Waals surface area contributed by atoms with Gasteiger partial charge in [-0.15, -0.1) is 11.3 Å². The molecule has 0 unspecified atom stereocenters. The van der Waals surface area contributed by atoms with E-state index in [1.54, 1.807) is 54.0 Å². The molecule has 2 aromatic carbocycles. The number of anilines is 2. The van der Waals surface area contributed by atoms with Gasteiger partial charge in [0.15, 0.2) is 5.13 Å². The summed E-state index contributed by atoms with van der Waals surface area (Å²) in [7, 11) is 0. The highest BCUT2D eigenvalue weighted by molar-refractivity contribution is 7.13. The standard InChI is InChI=1S/C19H16ClN3O3S/c1-2-26-16-7-6-13(11-15(16)20)17(24)22-14-5-3-4-12(10-14)18(25)23-19-21-8-9-27-19/h3-11H,2H2,1H3,(H,22,24)(H,21,23,25). The summed E-state index contributed by atoms with van der Waals surface area (Å²) in [6.45, 7) is 2.34. The SMILES string of the molecule is CCOc1ccc(C(=O)Nc2cccc(C(=O)Nc3nccs3)c2)cc1Cl. The van der Waals surface area contributed by atoms with Gasteiger partial charge in [-0.25, -0.2) is 4.98 Å². The number of rotatable bonds is 6. The second-order valence-corrected chi connectivity index (χ2v) is 6.71. The van der Waals surface area contributed by atoms with Gasteiger partial charge in [0.1, 0.15) is 5.75 Å². The maximum atomic E-state index is 12.5. The van der Waals surface area contributed by atoms with Crippen LogP contribution >= 0.6 is 22.9 Å². The van der Waals surface area contributed by atoms with Gasteiger partial charge in [0.2, 0.25) is 0 Å². The van der Waals surface area contributed by atoms with E-state index in [9.17, 15) is 9.59 Å². The normalized spacial score (nSPS) is 10.3. The highest BCUT2D eigenvalue weighted by Crippen LogP contribution is 2.26. The van der Waals surface area contributed by atoms with Crippen molar-refractivity contribution in [2.75, 3.05) is 17.2 Å². The topological polar surface area (TPSA) is 80.3 Å². The number of halogens is 1. The van der Waals surface area contributed by atoms with Crippen LogP contribution in [0, 0.1) is 0 Å². The lowest BCUT2D eigenvalue weighted by Crippen LogP contribution is -2.14. The molecule has 0 atom stereocenters. The maximum absolute atomic E-state index is 12.5. The number of hydrogen-bond acceptors (Lipinski definition) is 5. The quantitative estimate of drug-likeness (QED) is 0.627. The fourth-order valence-corrected chi connectivity index (χ4v) is 3.07. The Morgan fingerprint density at radius 2 is 1.89 bits per heavy atom. The highest BCUT2D eigenvalue weighted by Gasteiger charge is 2.12. The second-order valence-electron chi connectivity index (χ2n) is 5.40. The number of carbonyl (C=O) groups excluding carboxylic acids is 2. The molecule has 0 aliphatic heterocycles. The first-order valence-corrected chi connectivity index (χ1v) is 9.37. The van der Waals surface area contributed by atoms with Crippen molar-refractivity contribution < 1.29 is 14.3 Å². The molecule has 6 nitrogen and oxygen atoms in total. The van der Waals surface area contributed by atoms with Crippen LogP contribution in [0.5, 0.6) is 5.75 Å². The molecule has 1 heterocycles. The summed E-state index contributed by atoms with van der Waals surface area (Å²) in [6.07, 6.45) is 1.61. The van der Waals surface area contributed by atoms with E-state index in [4.69, 9.17) is 16.3 Å². The third-order valence-corrected chi connectivity index (χ3v) is 4.51. The van der Waals surface area contributed by atoms with Crippen molar-refractivity contribution in [3.05, 3.63) is 70.2 Å². The molecule has 2 N–H and O–H groups in total. The molecular formula is C19H16ClN3O3S. The van der Waals surface area contributed by atoms with Crippen molar-refractivity contribution in [2.24, 2.45) is 0 Å². The van der Waals surface area contributed by atoms with E-state index in [2.05, 4.69) is 15.6 Å². The zero-order valence-electron chi connectivity index (χ0n) is 14.4. The molecule has 2 amide bonds. The number of aromatic nitrogens is 1. The van der Waals surface area contributed by atoms with Gasteiger partial charge in [-0.1, -0.05) is 17.7 Å². The Morgan fingerprint density at radius 3 is 2.59 bits per heavy atom. The minimum absolute atomic E-state index is 0.301. The van der Waals surface area contributed by atoms with E-state index in [1.807, 2.05) is 6.92 Å². The van der Waals surface area contributed by atoms with Crippen LogP contribution in [-0.4, -0.2) is 23.4 Å². The number of benzene rings is 2. The van der Waals surface area contributed by atoms with Crippen molar-refractivity contribution in [3.8, 4) is 5.75 Å². The van der Waals surface area contributed by atoms with Crippen LogP contribution in [0.3, 0.4) is 0 Å². The smallest absolute Gasteiger partial charge is 0.257 e. The van der Waals surface area contributed by atoms with E-state index in [-0.39, 0.29) is 11.8 Å². The number of amides is 2. The molecule has 0 aliphatic carbocycles. The van der Waals surface area contributed by atoms with Crippen LogP contribution < -0.4 is 15.4 Å². The zero-order valence-corrected chi connectivity index (χ0v) is 15.9. The van der Waals surface area contributed by atoms with E-state index in [0.717, 1.165) is 0 Å². The number of nitrogens with zero attached hydrogens (tertiary/aromatic N) is 1. The van der Waals surface area contributed by atoms with Crippen LogP contribution in [0.1, 0.15) is 27.6 Å². The number of carbonyl (C=O) groups is 2. The molecule has 1 aromatic heterocycles. The summed E-state index contributed by atoms with van der Waals surface area (Å²) in [5.74, 6) is -0.112. The van der Waals surface area contributed by atoms with Crippen LogP contribution in [-0.2, 0) is 0 Å². The monoisotopic (exact) mass is 401 g/mol. The summed E-state index contributed by atoms with van der Waals surface area (Å²) >= 11 is 7.46. The minimum Gasteiger partial charge on any atom is -0.492 e. The van der Waals surface area contributed by atoms with Gasteiger partial charge in [-0.3, -0.25) is 14.9 Å². The molecule has 8 heteroatoms. The molecule has 0 fully saturated rings. The molecule has 0 bridgehead atoms. The average molecular weight is 402 g/mol. The van der Waals surface area contributed by atoms with Crippen molar-refractivity contribution in [2.45, 2.75) is 6.92 Å². The summed E-state index contributed by atoms with van der Waals surface area (Å²) in [4.78, 5) is 28.7. The van der Waals surface area contributed by atoms with E-state index < -0.39 is 0 Å². The second kappa shape index (κ2) is 8.66. The molecule has 0 saturated heterocycles. The number of thiazole rings is 1. The zero-order chi connectivity index (χ0) is 19.2. The van der Waals surface area contributed by atoms with Crippen LogP contribution in [0.2, 0.25) is 5.02 Å². The number of hydrogen-bond donors (Lipinski definition) is 2. The lowest BCUT2D eigenvalue weighted by atomic mass is 10.1. The van der Waals surface area contributed by atoms with Gasteiger partial charge in [0, 0.05) is 28.4 Å². The van der Waals surface area contributed by atoms with Crippen LogP contribution in [0.25, 0.3) is 0 Å². The van der Waals surface area contributed by atoms with Crippen LogP contribution in [0.4, 0.5) is 10.8 Å². The third-order valence-electron chi connectivity index (χ3n) is 3.53. The molecule has 138 valence electrons. The fraction of sp³-hybridized carbons (Fsp3) is 0.105. The molecule has 0 aliphatic rings. The Hall–Kier alpha value is -2.90. The molecule has 3 aromatic rings. The Labute approximate surface area is 165 Å². The summed E-state index contributed by atoms with van der Waals surface area (Å²) < 4.78 is 5.36. The van der Waals surface area contributed by atoms with Gasteiger partial charge < -0.3 is 10.1 Å². The van der Waals surface area contributed by atoms with Gasteiger partial charge in [0.25, 0.3) is 11.8 Å². The van der Waals surface area contributed by atoms with Gasteiger partial charge in [-0.05, 0) is 43.3 Å². The summed E-state index contributed by atoms with van der Waals surface area (Å²) in [5, 5.41) is 8.11. The van der Waals surface area contributed by atoms with E-state index in [1.165, 1.54) is 11.3 Å². The summed E-state index contributed by atoms with van der Waals surface area (Å²) in [5.41, 5.74) is 1.30. The Kier molecular flexibility index (Phi) is 6.05. The number of nitrogens with one attached hydrogen (secondary N) is 2. The third kappa shape index (κ3) is 4.84. The Balaban J connectivity index is 1.71. The van der Waals surface area contributed by atoms with E-state index >= 15 is 0 Å². The Bertz CT molecular complexity index is 961. The van der Waals surface area contributed by atoms with Crippen LogP contribution in [0.15, 0.2) is 54.0 Å². The molecule has 0 radical (unpaired) electrons. The maximum Gasteiger partial charge on any atom is 0.257 e. The van der Waals surface area contributed by atoms with E-state index in [0.29, 0.717) is 39.3 Å². The van der Waals surface area contributed by atoms with Crippen molar-refractivity contribution in [1.82, 2.24) is 4.98 Å². The minimum atomic E-state index is -0.336. The Morgan fingerprint density at radius 1 is 1.11 bits per heavy atom. The molecular weight excluding hydrogens is 386 g/mol. The molecule has 3 rings (SSSR count). The molecule has 0 spiro atoms. The molecule has 0 saturated carbocycles. The van der Waals surface area contributed by atoms with Crippen molar-refractivity contribution in [1.29, 1.82) is 0 Å². The average Bonchev–Trinajstić information content (AvgIpc) is 3.16. The van der Waals surface area contributed by atoms with Gasteiger partial charge >= 0.3 is 0 Å². The highest BCUT2D eigenvalue weighted by atomic mass is 35.5. The van der Waals surface area contributed by atoms with Crippen molar-refractivity contribution in [3.63, 3.8) is 0 Å². The first-order chi connectivity index (χ1) is 13.1. The lowest BCUT2D eigenvalue weighted by Gasteiger charge is -2.09. The summed E-state index contributed by atoms with van der Waals surface area (Å²) in [6, 6.07) is 11.5. The molecule has 27 heavy (non-hydrogen) atoms. The first kappa shape index (κ1) is 18.9. The largest absolute Gasteiger partial charge is 0.492 e. The lowest BCUT2D eigenvalue weighted by molar-refractivity contribution is 0.101. The predicted molar refractivity (Wildman–Crippen MR) is 107 cm³/mol. The van der Waals surface area contributed by atoms with Gasteiger partial charge in [-0.2, -0.15) is 0 Å². The first-order valence-electron chi connectivity index (χ1n) is 8.11. The predicted octanol–water partition coefficient (Wildman–Crippen LogP) is 4.70. The van der Waals surface area contributed by atoms with Gasteiger partial charge in [0.05, 0.1) is 11.6 Å².